The molecule has 1 aromatic carbocycles. The lowest BCUT2D eigenvalue weighted by molar-refractivity contribution is 0.00578. The fraction of sp³-hybridized carbons (Fsp3) is 0.500. The summed E-state index contributed by atoms with van der Waals surface area (Å²) in [6.07, 6.45) is 1.94. The van der Waals surface area contributed by atoms with Gasteiger partial charge in [0, 0.05) is 6.54 Å². The Morgan fingerprint density at radius 2 is 1.79 bits per heavy atom. The molecule has 1 saturated heterocycles. The molecule has 0 unspecified atom stereocenters. The molecule has 0 spiro atoms. The number of carbonyl (C=O) groups excluding carboxylic acids is 1. The molecule has 0 aromatic heterocycles. The number of benzene rings is 1. The molecule has 0 amide bonds. The van der Waals surface area contributed by atoms with Crippen molar-refractivity contribution in [2.75, 3.05) is 20.7 Å². The summed E-state index contributed by atoms with van der Waals surface area (Å²) in [6, 6.07) is 7.34. The van der Waals surface area contributed by atoms with E-state index in [2.05, 4.69) is 5.32 Å². The molecular formula is C18H26BNO4. The molecule has 6 heteroatoms. The molecule has 5 nitrogen and oxygen atoms in total. The first-order valence-corrected chi connectivity index (χ1v) is 8.10. The van der Waals surface area contributed by atoms with Crippen LogP contribution in [0, 0.1) is 0 Å². The fourth-order valence-electron chi connectivity index (χ4n) is 2.52. The van der Waals surface area contributed by atoms with Crippen molar-refractivity contribution in [2.24, 2.45) is 0 Å². The normalized spacial score (nSPS) is 19.4. The van der Waals surface area contributed by atoms with Crippen LogP contribution in [0.15, 0.2) is 29.7 Å². The zero-order valence-corrected chi connectivity index (χ0v) is 15.3. The van der Waals surface area contributed by atoms with Gasteiger partial charge in [0.15, 0.2) is 0 Å². The van der Waals surface area contributed by atoms with Crippen LogP contribution in [0.3, 0.4) is 0 Å². The van der Waals surface area contributed by atoms with Crippen LogP contribution >= 0.6 is 0 Å². The molecule has 130 valence electrons. The number of rotatable bonds is 5. The van der Waals surface area contributed by atoms with Crippen molar-refractivity contribution in [3.63, 3.8) is 0 Å². The molecule has 2 rings (SSSR count). The van der Waals surface area contributed by atoms with E-state index in [1.165, 1.54) is 7.11 Å². The molecule has 1 aliphatic heterocycles. The van der Waals surface area contributed by atoms with Gasteiger partial charge in [0.2, 0.25) is 0 Å². The Kier molecular flexibility index (Phi) is 5.53. The van der Waals surface area contributed by atoms with Gasteiger partial charge in [-0.1, -0.05) is 24.3 Å². The molecule has 1 fully saturated rings. The molecule has 0 bridgehead atoms. The second-order valence-corrected chi connectivity index (χ2v) is 6.92. The van der Waals surface area contributed by atoms with E-state index < -0.39 is 18.3 Å². The summed E-state index contributed by atoms with van der Waals surface area (Å²) in [5.74, 6) is -0.362. The predicted octanol–water partition coefficient (Wildman–Crippen LogP) is 2.71. The van der Waals surface area contributed by atoms with Crippen LogP contribution in [0.2, 0.25) is 0 Å². The van der Waals surface area contributed by atoms with E-state index in [1.54, 1.807) is 6.07 Å². The third-order valence-electron chi connectivity index (χ3n) is 4.64. The third kappa shape index (κ3) is 3.71. The molecular weight excluding hydrogens is 305 g/mol. The van der Waals surface area contributed by atoms with E-state index in [0.717, 1.165) is 11.0 Å². The Morgan fingerprint density at radius 1 is 1.21 bits per heavy atom. The maximum atomic E-state index is 12.0. The van der Waals surface area contributed by atoms with Crippen LogP contribution < -0.4 is 5.32 Å². The van der Waals surface area contributed by atoms with Crippen molar-refractivity contribution in [3.8, 4) is 0 Å². The third-order valence-corrected chi connectivity index (χ3v) is 4.64. The van der Waals surface area contributed by atoms with E-state index in [1.807, 2.05) is 59.0 Å². The van der Waals surface area contributed by atoms with Crippen molar-refractivity contribution in [1.29, 1.82) is 0 Å². The van der Waals surface area contributed by atoms with Crippen LogP contribution in [0.1, 0.15) is 43.6 Å². The molecule has 1 aliphatic rings. The minimum Gasteiger partial charge on any atom is -0.465 e. The van der Waals surface area contributed by atoms with Crippen LogP contribution in [0.25, 0.3) is 6.08 Å². The molecule has 24 heavy (non-hydrogen) atoms. The van der Waals surface area contributed by atoms with Crippen molar-refractivity contribution < 1.29 is 18.8 Å². The second kappa shape index (κ2) is 7.09. The number of hydrogen-bond donors (Lipinski definition) is 1. The standard InChI is InChI=1S/C18H26BNO4/c1-17(2)18(3,4)24-19(23-17)14(12-20-5)11-13-9-7-8-10-15(13)16(21)22-6/h7-11,20H,12H2,1-6H3. The minimum atomic E-state index is -0.465. The molecule has 0 aliphatic carbocycles. The van der Waals surface area contributed by atoms with Gasteiger partial charge in [-0.05, 0) is 51.8 Å². The molecule has 1 heterocycles. The van der Waals surface area contributed by atoms with Gasteiger partial charge in [-0.3, -0.25) is 0 Å². The van der Waals surface area contributed by atoms with Gasteiger partial charge in [0.25, 0.3) is 0 Å². The number of esters is 1. The second-order valence-electron chi connectivity index (χ2n) is 6.92. The van der Waals surface area contributed by atoms with Crippen LogP contribution in [-0.2, 0) is 14.0 Å². The van der Waals surface area contributed by atoms with Gasteiger partial charge in [0.05, 0.1) is 23.9 Å². The topological polar surface area (TPSA) is 56.8 Å². The molecule has 0 saturated carbocycles. The van der Waals surface area contributed by atoms with Crippen molar-refractivity contribution in [2.45, 2.75) is 38.9 Å². The number of likely N-dealkylation sites (N-methyl/N-ethyl adjacent to an activating group) is 1. The summed E-state index contributed by atoms with van der Waals surface area (Å²) in [5.41, 5.74) is 1.40. The first kappa shape index (κ1) is 18.7. The highest BCUT2D eigenvalue weighted by molar-refractivity contribution is 6.56. The lowest BCUT2D eigenvalue weighted by Crippen LogP contribution is -2.41. The van der Waals surface area contributed by atoms with Crippen LogP contribution in [0.5, 0.6) is 0 Å². The highest BCUT2D eigenvalue weighted by atomic mass is 16.7. The predicted molar refractivity (Wildman–Crippen MR) is 95.8 cm³/mol. The Labute approximate surface area is 144 Å². The quantitative estimate of drug-likeness (QED) is 0.664. The average Bonchev–Trinajstić information content (AvgIpc) is 2.74. The number of ether oxygens (including phenoxy) is 1. The van der Waals surface area contributed by atoms with Gasteiger partial charge in [-0.25, -0.2) is 4.79 Å². The van der Waals surface area contributed by atoms with Gasteiger partial charge >= 0.3 is 13.1 Å². The summed E-state index contributed by atoms with van der Waals surface area (Å²) in [4.78, 5) is 12.0. The van der Waals surface area contributed by atoms with Gasteiger partial charge < -0.3 is 19.4 Å². The van der Waals surface area contributed by atoms with Gasteiger partial charge in [0.1, 0.15) is 0 Å². The summed E-state index contributed by atoms with van der Waals surface area (Å²) in [6.45, 7) is 8.67. The Morgan fingerprint density at radius 3 is 2.33 bits per heavy atom. The summed E-state index contributed by atoms with van der Waals surface area (Å²) in [5, 5.41) is 3.14. The molecule has 1 aromatic rings. The van der Waals surface area contributed by atoms with E-state index in [4.69, 9.17) is 14.0 Å². The van der Waals surface area contributed by atoms with E-state index >= 15 is 0 Å². The maximum Gasteiger partial charge on any atom is 0.491 e. The van der Waals surface area contributed by atoms with Crippen LogP contribution in [-0.4, -0.2) is 45.0 Å². The zero-order chi connectivity index (χ0) is 18.0. The first-order valence-electron chi connectivity index (χ1n) is 8.10. The lowest BCUT2D eigenvalue weighted by Gasteiger charge is -2.32. The SMILES string of the molecule is CNCC(=Cc1ccccc1C(=O)OC)B1OC(C)(C)C(C)(C)O1. The highest BCUT2D eigenvalue weighted by Gasteiger charge is 2.52. The summed E-state index contributed by atoms with van der Waals surface area (Å²) in [7, 11) is 2.78. The molecule has 0 atom stereocenters. The number of hydrogen-bond acceptors (Lipinski definition) is 5. The Balaban J connectivity index is 2.39. The van der Waals surface area contributed by atoms with Crippen LogP contribution in [0.4, 0.5) is 0 Å². The lowest BCUT2D eigenvalue weighted by atomic mass is 9.76. The Bertz CT molecular complexity index is 624. The van der Waals surface area contributed by atoms with Gasteiger partial charge in [-0.15, -0.1) is 0 Å². The molecule has 0 radical (unpaired) electrons. The van der Waals surface area contributed by atoms with Crippen molar-refractivity contribution in [3.05, 3.63) is 40.9 Å². The monoisotopic (exact) mass is 331 g/mol. The van der Waals surface area contributed by atoms with Crippen molar-refractivity contribution >= 4 is 19.2 Å². The Hall–Kier alpha value is -1.63. The van der Waals surface area contributed by atoms with E-state index in [0.29, 0.717) is 12.1 Å². The minimum absolute atomic E-state index is 0.362. The summed E-state index contributed by atoms with van der Waals surface area (Å²) < 4.78 is 17.1. The first-order chi connectivity index (χ1) is 11.2. The fourth-order valence-corrected chi connectivity index (χ4v) is 2.52. The number of carbonyl (C=O) groups is 1. The van der Waals surface area contributed by atoms with Crippen molar-refractivity contribution in [1.82, 2.24) is 5.32 Å². The average molecular weight is 331 g/mol. The van der Waals surface area contributed by atoms with Gasteiger partial charge in [-0.2, -0.15) is 0 Å². The number of nitrogens with one attached hydrogen (secondary N) is 1. The largest absolute Gasteiger partial charge is 0.491 e. The smallest absolute Gasteiger partial charge is 0.465 e. The zero-order valence-electron chi connectivity index (χ0n) is 15.3. The number of methoxy groups -OCH3 is 1. The molecule has 1 N–H and O–H groups in total. The van der Waals surface area contributed by atoms with E-state index in [9.17, 15) is 4.79 Å². The maximum absolute atomic E-state index is 12.0. The van der Waals surface area contributed by atoms with E-state index in [-0.39, 0.29) is 5.97 Å². The summed E-state index contributed by atoms with van der Waals surface area (Å²) >= 11 is 0. The highest BCUT2D eigenvalue weighted by Crippen LogP contribution is 2.38.